The average Bonchev–Trinajstić information content (AvgIpc) is 3.11. The maximum atomic E-state index is 12.4. The van der Waals surface area contributed by atoms with Crippen LogP contribution in [0.15, 0.2) is 59.5 Å². The zero-order valence-electron chi connectivity index (χ0n) is 15.8. The molecule has 1 aromatic heterocycles. The summed E-state index contributed by atoms with van der Waals surface area (Å²) in [4.78, 5) is 12.5. The Morgan fingerprint density at radius 1 is 1.10 bits per heavy atom. The van der Waals surface area contributed by atoms with Gasteiger partial charge in [-0.05, 0) is 43.7 Å². The van der Waals surface area contributed by atoms with E-state index in [1.807, 2.05) is 37.3 Å². The summed E-state index contributed by atoms with van der Waals surface area (Å²) in [5, 5.41) is 11.0. The standard InChI is InChI=1S/C19H20N4O3S3/c1-13(27-12-15-6-4-3-5-7-15)18(24)20-16-8-10-17(11-9-16)29(25,26)23-19-22-21-14(2)28-19/h3-11,13H,12H2,1-2H3,(H,20,24)(H,22,23). The van der Waals surface area contributed by atoms with Crippen LogP contribution in [0.4, 0.5) is 10.8 Å². The van der Waals surface area contributed by atoms with E-state index in [9.17, 15) is 13.2 Å². The molecule has 0 aliphatic carbocycles. The molecule has 0 aliphatic rings. The number of thioether (sulfide) groups is 1. The molecule has 2 aromatic carbocycles. The van der Waals surface area contributed by atoms with E-state index in [1.54, 1.807) is 19.1 Å². The Hall–Kier alpha value is -2.43. The zero-order chi connectivity index (χ0) is 20.9. The number of anilines is 2. The van der Waals surface area contributed by atoms with Crippen molar-refractivity contribution in [1.82, 2.24) is 10.2 Å². The highest BCUT2D eigenvalue weighted by molar-refractivity contribution is 7.99. The summed E-state index contributed by atoms with van der Waals surface area (Å²) in [5.41, 5.74) is 1.69. The smallest absolute Gasteiger partial charge is 0.263 e. The molecule has 0 aliphatic heterocycles. The second-order valence-corrected chi connectivity index (χ2v) is 10.4. The number of rotatable bonds is 8. The quantitative estimate of drug-likeness (QED) is 0.542. The highest BCUT2D eigenvalue weighted by atomic mass is 32.2. The number of amides is 1. The Balaban J connectivity index is 1.57. The van der Waals surface area contributed by atoms with Gasteiger partial charge in [-0.15, -0.1) is 22.0 Å². The summed E-state index contributed by atoms with van der Waals surface area (Å²) in [7, 11) is -3.76. The van der Waals surface area contributed by atoms with Crippen LogP contribution >= 0.6 is 23.1 Å². The van der Waals surface area contributed by atoms with Gasteiger partial charge in [0.25, 0.3) is 10.0 Å². The summed E-state index contributed by atoms with van der Waals surface area (Å²) in [6, 6.07) is 15.9. The second-order valence-electron chi connectivity index (χ2n) is 6.18. The highest BCUT2D eigenvalue weighted by Gasteiger charge is 2.17. The first kappa shape index (κ1) is 21.3. The maximum absolute atomic E-state index is 12.4. The largest absolute Gasteiger partial charge is 0.325 e. The number of nitrogens with one attached hydrogen (secondary N) is 2. The molecule has 0 fully saturated rings. The van der Waals surface area contributed by atoms with Crippen molar-refractivity contribution in [2.75, 3.05) is 10.0 Å². The molecule has 7 nitrogen and oxygen atoms in total. The number of benzene rings is 2. The van der Waals surface area contributed by atoms with Crippen LogP contribution in [0.2, 0.25) is 0 Å². The van der Waals surface area contributed by atoms with Gasteiger partial charge in [0.15, 0.2) is 0 Å². The molecule has 29 heavy (non-hydrogen) atoms. The number of aromatic nitrogens is 2. The zero-order valence-corrected chi connectivity index (χ0v) is 18.3. The van der Waals surface area contributed by atoms with Crippen molar-refractivity contribution in [2.45, 2.75) is 29.7 Å². The van der Waals surface area contributed by atoms with E-state index in [1.165, 1.54) is 23.9 Å². The Kier molecular flexibility index (Phi) is 6.88. The summed E-state index contributed by atoms with van der Waals surface area (Å²) in [6.45, 7) is 3.59. The molecule has 0 spiro atoms. The number of hydrogen-bond donors (Lipinski definition) is 2. The predicted octanol–water partition coefficient (Wildman–Crippen LogP) is 3.91. The molecular formula is C19H20N4O3S3. The lowest BCUT2D eigenvalue weighted by Crippen LogP contribution is -2.22. The number of hydrogen-bond acceptors (Lipinski definition) is 7. The summed E-state index contributed by atoms with van der Waals surface area (Å²) in [6.07, 6.45) is 0. The lowest BCUT2D eigenvalue weighted by molar-refractivity contribution is -0.115. The number of carbonyl (C=O) groups is 1. The maximum Gasteiger partial charge on any atom is 0.263 e. The topological polar surface area (TPSA) is 101 Å². The minimum Gasteiger partial charge on any atom is -0.325 e. The summed E-state index contributed by atoms with van der Waals surface area (Å²) < 4.78 is 27.2. The van der Waals surface area contributed by atoms with Crippen LogP contribution in [-0.4, -0.2) is 29.8 Å². The van der Waals surface area contributed by atoms with Gasteiger partial charge in [-0.2, -0.15) is 0 Å². The van der Waals surface area contributed by atoms with Crippen LogP contribution in [0.25, 0.3) is 0 Å². The van der Waals surface area contributed by atoms with Crippen LogP contribution < -0.4 is 10.0 Å². The number of carbonyl (C=O) groups excluding carboxylic acids is 1. The molecular weight excluding hydrogens is 428 g/mol. The molecule has 1 unspecified atom stereocenters. The molecule has 0 saturated carbocycles. The van der Waals surface area contributed by atoms with Crippen molar-refractivity contribution >= 4 is 49.8 Å². The molecule has 1 amide bonds. The molecule has 0 radical (unpaired) electrons. The third-order valence-corrected chi connectivity index (χ3v) is 7.34. The van der Waals surface area contributed by atoms with Gasteiger partial charge in [-0.1, -0.05) is 41.7 Å². The lowest BCUT2D eigenvalue weighted by atomic mass is 10.2. The van der Waals surface area contributed by atoms with Gasteiger partial charge in [-0.3, -0.25) is 9.52 Å². The molecule has 3 rings (SSSR count). The Labute approximate surface area is 178 Å². The van der Waals surface area contributed by atoms with Crippen molar-refractivity contribution in [3.05, 3.63) is 65.2 Å². The van der Waals surface area contributed by atoms with E-state index in [2.05, 4.69) is 20.2 Å². The number of aryl methyl sites for hydroxylation is 1. The van der Waals surface area contributed by atoms with E-state index < -0.39 is 10.0 Å². The van der Waals surface area contributed by atoms with E-state index >= 15 is 0 Å². The van der Waals surface area contributed by atoms with Gasteiger partial charge >= 0.3 is 0 Å². The molecule has 2 N–H and O–H groups in total. The Morgan fingerprint density at radius 3 is 2.41 bits per heavy atom. The second kappa shape index (κ2) is 9.38. The third-order valence-electron chi connectivity index (χ3n) is 3.89. The Bertz CT molecular complexity index is 1070. The molecule has 0 saturated heterocycles. The average molecular weight is 449 g/mol. The van der Waals surface area contributed by atoms with Crippen molar-refractivity contribution in [2.24, 2.45) is 0 Å². The SMILES string of the molecule is Cc1nnc(NS(=O)(=O)c2ccc(NC(=O)C(C)SCc3ccccc3)cc2)s1. The first-order chi connectivity index (χ1) is 13.8. The van der Waals surface area contributed by atoms with Crippen LogP contribution in [0.5, 0.6) is 0 Å². The molecule has 1 atom stereocenters. The number of sulfonamides is 1. The first-order valence-corrected chi connectivity index (χ1v) is 12.1. The lowest BCUT2D eigenvalue weighted by Gasteiger charge is -2.12. The number of nitrogens with zero attached hydrogens (tertiary/aromatic N) is 2. The monoisotopic (exact) mass is 448 g/mol. The van der Waals surface area contributed by atoms with Crippen molar-refractivity contribution in [3.63, 3.8) is 0 Å². The fraction of sp³-hybridized carbons (Fsp3) is 0.211. The molecule has 10 heteroatoms. The fourth-order valence-electron chi connectivity index (χ4n) is 2.34. The minimum absolute atomic E-state index is 0.0786. The molecule has 1 heterocycles. The van der Waals surface area contributed by atoms with Gasteiger partial charge in [0.2, 0.25) is 11.0 Å². The molecule has 0 bridgehead atoms. The van der Waals surface area contributed by atoms with Crippen LogP contribution in [0.1, 0.15) is 17.5 Å². The Morgan fingerprint density at radius 2 is 1.79 bits per heavy atom. The van der Waals surface area contributed by atoms with Gasteiger partial charge in [0.1, 0.15) is 5.01 Å². The van der Waals surface area contributed by atoms with Gasteiger partial charge in [-0.25, -0.2) is 8.42 Å². The van der Waals surface area contributed by atoms with Crippen LogP contribution in [0.3, 0.4) is 0 Å². The van der Waals surface area contributed by atoms with Crippen LogP contribution in [0, 0.1) is 6.92 Å². The van der Waals surface area contributed by atoms with E-state index in [0.29, 0.717) is 10.7 Å². The van der Waals surface area contributed by atoms with Crippen molar-refractivity contribution in [3.8, 4) is 0 Å². The van der Waals surface area contributed by atoms with Gasteiger partial charge in [0.05, 0.1) is 10.1 Å². The predicted molar refractivity (Wildman–Crippen MR) is 118 cm³/mol. The van der Waals surface area contributed by atoms with Crippen LogP contribution in [-0.2, 0) is 20.6 Å². The normalized spacial score (nSPS) is 12.3. The molecule has 152 valence electrons. The molecule has 3 aromatic rings. The van der Waals surface area contributed by atoms with Gasteiger partial charge < -0.3 is 5.32 Å². The van der Waals surface area contributed by atoms with E-state index in [-0.39, 0.29) is 21.2 Å². The van der Waals surface area contributed by atoms with E-state index in [4.69, 9.17) is 0 Å². The third kappa shape index (κ3) is 6.02. The summed E-state index contributed by atoms with van der Waals surface area (Å²) in [5.74, 6) is 0.604. The van der Waals surface area contributed by atoms with Gasteiger partial charge in [0, 0.05) is 11.4 Å². The van der Waals surface area contributed by atoms with Crippen molar-refractivity contribution in [1.29, 1.82) is 0 Å². The fourth-order valence-corrected chi connectivity index (χ4v) is 5.01. The highest BCUT2D eigenvalue weighted by Crippen LogP contribution is 2.22. The van der Waals surface area contributed by atoms with Crippen molar-refractivity contribution < 1.29 is 13.2 Å². The minimum atomic E-state index is -3.76. The van der Waals surface area contributed by atoms with E-state index in [0.717, 1.165) is 22.7 Å². The first-order valence-electron chi connectivity index (χ1n) is 8.73. The summed E-state index contributed by atoms with van der Waals surface area (Å²) >= 11 is 2.69.